The van der Waals surface area contributed by atoms with Crippen LogP contribution in [0.15, 0.2) is 54.6 Å². The second-order valence-corrected chi connectivity index (χ2v) is 5.29. The van der Waals surface area contributed by atoms with Crippen LogP contribution in [0.25, 0.3) is 22.0 Å². The van der Waals surface area contributed by atoms with E-state index in [0.29, 0.717) is 0 Å². The Morgan fingerprint density at radius 2 is 1.78 bits per heavy atom. The quantitative estimate of drug-likeness (QED) is 0.750. The Balaban J connectivity index is 2.25. The van der Waals surface area contributed by atoms with Crippen LogP contribution in [0, 0.1) is 6.92 Å². The van der Waals surface area contributed by atoms with Gasteiger partial charge >= 0.3 is 5.97 Å². The van der Waals surface area contributed by atoms with Crippen LogP contribution in [0.4, 0.5) is 0 Å². The first kappa shape index (κ1) is 15.2. The van der Waals surface area contributed by atoms with Crippen LogP contribution >= 0.6 is 0 Å². The van der Waals surface area contributed by atoms with Crippen molar-refractivity contribution in [2.45, 2.75) is 13.3 Å². The van der Waals surface area contributed by atoms with Gasteiger partial charge in [-0.15, -0.1) is 0 Å². The normalized spacial score (nSPS) is 10.7. The largest absolute Gasteiger partial charge is 0.371 e. The Morgan fingerprint density at radius 1 is 1.09 bits per heavy atom. The van der Waals surface area contributed by atoms with Gasteiger partial charge in [0.2, 0.25) is 0 Å². The van der Waals surface area contributed by atoms with Crippen molar-refractivity contribution in [3.05, 3.63) is 65.9 Å². The molecule has 2 aromatic carbocycles. The third-order valence-electron chi connectivity index (χ3n) is 3.80. The highest BCUT2D eigenvalue weighted by Gasteiger charge is 2.17. The maximum Gasteiger partial charge on any atom is 0.329 e. The van der Waals surface area contributed by atoms with Crippen LogP contribution < -0.4 is 5.48 Å². The lowest BCUT2D eigenvalue weighted by atomic mass is 9.93. The van der Waals surface area contributed by atoms with Gasteiger partial charge in [0, 0.05) is 18.1 Å². The van der Waals surface area contributed by atoms with Crippen LogP contribution in [-0.2, 0) is 16.1 Å². The fourth-order valence-corrected chi connectivity index (χ4v) is 2.82. The minimum Gasteiger partial charge on any atom is -0.371 e. The summed E-state index contributed by atoms with van der Waals surface area (Å²) in [6.45, 7) is 1.93. The molecular formula is C19H18N2O2. The molecule has 0 amide bonds. The van der Waals surface area contributed by atoms with Crippen molar-refractivity contribution in [2.24, 2.45) is 0 Å². The predicted molar refractivity (Wildman–Crippen MR) is 90.8 cm³/mol. The van der Waals surface area contributed by atoms with Crippen LogP contribution in [0.2, 0.25) is 0 Å². The van der Waals surface area contributed by atoms with Gasteiger partial charge in [-0.1, -0.05) is 48.5 Å². The topological polar surface area (TPSA) is 51.2 Å². The third kappa shape index (κ3) is 3.07. The van der Waals surface area contributed by atoms with E-state index in [1.807, 2.05) is 61.5 Å². The lowest BCUT2D eigenvalue weighted by Crippen LogP contribution is -2.18. The smallest absolute Gasteiger partial charge is 0.329 e. The number of hydrogen-bond acceptors (Lipinski definition) is 4. The first-order chi connectivity index (χ1) is 11.2. The number of hydroxylamine groups is 1. The van der Waals surface area contributed by atoms with Crippen molar-refractivity contribution in [1.29, 1.82) is 0 Å². The van der Waals surface area contributed by atoms with E-state index < -0.39 is 0 Å². The Bertz CT molecular complexity index is 845. The molecule has 0 aliphatic rings. The van der Waals surface area contributed by atoms with E-state index in [1.54, 1.807) is 7.05 Å². The molecule has 0 saturated carbocycles. The molecule has 0 aliphatic carbocycles. The van der Waals surface area contributed by atoms with E-state index >= 15 is 0 Å². The van der Waals surface area contributed by atoms with E-state index in [2.05, 4.69) is 10.5 Å². The van der Waals surface area contributed by atoms with Crippen molar-refractivity contribution in [3.63, 3.8) is 0 Å². The number of carbonyl (C=O) groups is 1. The predicted octanol–water partition coefficient (Wildman–Crippen LogP) is 3.43. The number of fused-ring (bicyclic) bond motifs is 1. The molecule has 0 atom stereocenters. The molecular weight excluding hydrogens is 288 g/mol. The number of rotatable bonds is 4. The van der Waals surface area contributed by atoms with E-state index in [4.69, 9.17) is 4.84 Å². The molecule has 0 radical (unpaired) electrons. The van der Waals surface area contributed by atoms with Gasteiger partial charge in [0.25, 0.3) is 0 Å². The summed E-state index contributed by atoms with van der Waals surface area (Å²) < 4.78 is 0. The van der Waals surface area contributed by atoms with Gasteiger partial charge in [-0.05, 0) is 29.7 Å². The molecule has 0 unspecified atom stereocenters. The van der Waals surface area contributed by atoms with E-state index in [0.717, 1.165) is 33.3 Å². The van der Waals surface area contributed by atoms with Crippen molar-refractivity contribution < 1.29 is 9.63 Å². The van der Waals surface area contributed by atoms with E-state index in [9.17, 15) is 4.79 Å². The number of nitrogens with one attached hydrogen (secondary N) is 1. The van der Waals surface area contributed by atoms with Crippen molar-refractivity contribution >= 4 is 16.9 Å². The molecule has 0 bridgehead atoms. The molecule has 3 rings (SSSR count). The van der Waals surface area contributed by atoms with Crippen molar-refractivity contribution in [1.82, 2.24) is 10.5 Å². The monoisotopic (exact) mass is 306 g/mol. The molecule has 116 valence electrons. The van der Waals surface area contributed by atoms with Gasteiger partial charge < -0.3 is 4.84 Å². The molecule has 23 heavy (non-hydrogen) atoms. The summed E-state index contributed by atoms with van der Waals surface area (Å²) in [7, 11) is 1.57. The Kier molecular flexibility index (Phi) is 4.35. The highest BCUT2D eigenvalue weighted by Crippen LogP contribution is 2.33. The number of aromatic nitrogens is 1. The summed E-state index contributed by atoms with van der Waals surface area (Å²) in [4.78, 5) is 21.5. The Labute approximate surface area is 135 Å². The first-order valence-corrected chi connectivity index (χ1v) is 7.50. The maximum atomic E-state index is 12.0. The van der Waals surface area contributed by atoms with Crippen molar-refractivity contribution in [3.8, 4) is 11.1 Å². The molecule has 4 heteroatoms. The summed E-state index contributed by atoms with van der Waals surface area (Å²) in [6.07, 6.45) is 0.175. The zero-order valence-corrected chi connectivity index (χ0v) is 13.2. The Morgan fingerprint density at radius 3 is 2.52 bits per heavy atom. The number of carbonyl (C=O) groups excluding carboxylic acids is 1. The van der Waals surface area contributed by atoms with Crippen LogP contribution in [0.1, 0.15) is 11.3 Å². The van der Waals surface area contributed by atoms with E-state index in [1.165, 1.54) is 0 Å². The number of hydrogen-bond donors (Lipinski definition) is 1. The lowest BCUT2D eigenvalue weighted by Gasteiger charge is -2.15. The average Bonchev–Trinajstić information content (AvgIpc) is 2.56. The standard InChI is InChI=1S/C19H18N2O2/c1-13-16(12-18(22)23-20-2)19(14-8-4-3-5-9-14)15-10-6-7-11-17(15)21-13/h3-11,20H,12H2,1-2H3. The van der Waals surface area contributed by atoms with Gasteiger partial charge in [-0.25, -0.2) is 0 Å². The van der Waals surface area contributed by atoms with Crippen LogP contribution in [-0.4, -0.2) is 18.0 Å². The molecule has 0 fully saturated rings. The van der Waals surface area contributed by atoms with E-state index in [-0.39, 0.29) is 12.4 Å². The molecule has 4 nitrogen and oxygen atoms in total. The molecule has 1 aromatic heterocycles. The highest BCUT2D eigenvalue weighted by molar-refractivity contribution is 5.97. The minimum absolute atomic E-state index is 0.175. The first-order valence-electron chi connectivity index (χ1n) is 7.50. The molecule has 0 saturated heterocycles. The number of pyridine rings is 1. The fraction of sp³-hybridized carbons (Fsp3) is 0.158. The Hall–Kier alpha value is -2.72. The summed E-state index contributed by atoms with van der Waals surface area (Å²) in [5.41, 5.74) is 7.21. The second-order valence-electron chi connectivity index (χ2n) is 5.29. The SMILES string of the molecule is CNOC(=O)Cc1c(C)nc2ccccc2c1-c1ccccc1. The molecule has 3 aromatic rings. The number of nitrogens with zero attached hydrogens (tertiary/aromatic N) is 1. The number of aryl methyl sites for hydroxylation is 1. The average molecular weight is 306 g/mol. The van der Waals surface area contributed by atoms with Crippen LogP contribution in [0.3, 0.4) is 0 Å². The molecule has 0 spiro atoms. The minimum atomic E-state index is -0.329. The third-order valence-corrected chi connectivity index (χ3v) is 3.80. The fourth-order valence-electron chi connectivity index (χ4n) is 2.82. The van der Waals surface area contributed by atoms with Crippen LogP contribution in [0.5, 0.6) is 0 Å². The highest BCUT2D eigenvalue weighted by atomic mass is 16.7. The number of benzene rings is 2. The summed E-state index contributed by atoms with van der Waals surface area (Å²) in [5, 5.41) is 1.04. The summed E-state index contributed by atoms with van der Waals surface area (Å²) in [6, 6.07) is 18.1. The maximum absolute atomic E-state index is 12.0. The number of para-hydroxylation sites is 1. The summed E-state index contributed by atoms with van der Waals surface area (Å²) >= 11 is 0. The summed E-state index contributed by atoms with van der Waals surface area (Å²) in [5.74, 6) is -0.329. The zero-order chi connectivity index (χ0) is 16.2. The lowest BCUT2D eigenvalue weighted by molar-refractivity contribution is -0.149. The second kappa shape index (κ2) is 6.58. The zero-order valence-electron chi connectivity index (χ0n) is 13.2. The van der Waals surface area contributed by atoms with Gasteiger partial charge in [0.05, 0.1) is 11.9 Å². The molecule has 1 N–H and O–H groups in total. The van der Waals surface area contributed by atoms with Crippen molar-refractivity contribution in [2.75, 3.05) is 7.05 Å². The van der Waals surface area contributed by atoms with Gasteiger partial charge in [0.15, 0.2) is 0 Å². The van der Waals surface area contributed by atoms with Gasteiger partial charge in [-0.3, -0.25) is 9.78 Å². The molecule has 1 heterocycles. The van der Waals surface area contributed by atoms with Gasteiger partial charge in [0.1, 0.15) is 0 Å². The van der Waals surface area contributed by atoms with Gasteiger partial charge in [-0.2, -0.15) is 5.48 Å². The molecule has 0 aliphatic heterocycles.